The predicted octanol–water partition coefficient (Wildman–Crippen LogP) is 2.45. The van der Waals surface area contributed by atoms with Gasteiger partial charge in [0.15, 0.2) is 5.96 Å². The highest BCUT2D eigenvalue weighted by Gasteiger charge is 2.07. The maximum absolute atomic E-state index is 4.21. The quantitative estimate of drug-likeness (QED) is 0.321. The summed E-state index contributed by atoms with van der Waals surface area (Å²) in [5, 5.41) is 6.66. The maximum atomic E-state index is 4.21. The largest absolute Gasteiger partial charge is 0.356 e. The monoisotopic (exact) mass is 382 g/mol. The van der Waals surface area contributed by atoms with Crippen LogP contribution < -0.4 is 10.6 Å². The van der Waals surface area contributed by atoms with Gasteiger partial charge in [-0.1, -0.05) is 19.8 Å². The summed E-state index contributed by atoms with van der Waals surface area (Å²) in [5.41, 5.74) is 0. The van der Waals surface area contributed by atoms with Gasteiger partial charge in [0.2, 0.25) is 0 Å². The van der Waals surface area contributed by atoms with Gasteiger partial charge in [-0.3, -0.25) is 4.99 Å². The van der Waals surface area contributed by atoms with Gasteiger partial charge in [0.1, 0.15) is 0 Å². The fourth-order valence-corrected chi connectivity index (χ4v) is 2.33. The minimum atomic E-state index is 0. The smallest absolute Gasteiger partial charge is 0.190 e. The molecule has 1 heterocycles. The van der Waals surface area contributed by atoms with E-state index in [1.807, 2.05) is 7.05 Å². The van der Waals surface area contributed by atoms with Crippen LogP contribution in [0, 0.1) is 0 Å². The zero-order valence-electron chi connectivity index (χ0n) is 12.6. The third kappa shape index (κ3) is 9.49. The number of hydrogen-bond donors (Lipinski definition) is 2. The average Bonchev–Trinajstić information content (AvgIpc) is 2.66. The molecule has 0 radical (unpaired) electrons. The van der Waals surface area contributed by atoms with Gasteiger partial charge in [-0.2, -0.15) is 0 Å². The van der Waals surface area contributed by atoms with Crippen molar-refractivity contribution in [3.05, 3.63) is 0 Å². The van der Waals surface area contributed by atoms with Crippen LogP contribution in [0.25, 0.3) is 0 Å². The Kier molecular flexibility index (Phi) is 12.9. The van der Waals surface area contributed by atoms with E-state index in [-0.39, 0.29) is 24.0 Å². The fourth-order valence-electron chi connectivity index (χ4n) is 2.33. The highest BCUT2D eigenvalue weighted by Crippen LogP contribution is 2.09. The Labute approximate surface area is 135 Å². The van der Waals surface area contributed by atoms with Crippen molar-refractivity contribution in [2.45, 2.75) is 45.4 Å². The maximum Gasteiger partial charge on any atom is 0.190 e. The van der Waals surface area contributed by atoms with Crippen LogP contribution in [0.3, 0.4) is 0 Å². The molecule has 1 aliphatic rings. The van der Waals surface area contributed by atoms with Crippen molar-refractivity contribution in [1.29, 1.82) is 0 Å². The summed E-state index contributed by atoms with van der Waals surface area (Å²) in [4.78, 5) is 6.81. The van der Waals surface area contributed by atoms with Gasteiger partial charge >= 0.3 is 0 Å². The molecule has 1 rings (SSSR count). The number of aliphatic imine (C=N–C) groups is 1. The Morgan fingerprint density at radius 2 is 1.68 bits per heavy atom. The second kappa shape index (κ2) is 13.0. The first-order valence-electron chi connectivity index (χ1n) is 7.53. The van der Waals surface area contributed by atoms with Crippen molar-refractivity contribution in [3.63, 3.8) is 0 Å². The molecule has 4 nitrogen and oxygen atoms in total. The lowest BCUT2D eigenvalue weighted by atomic mass is 10.2. The Hall–Kier alpha value is -0.0400. The number of hydrogen-bond acceptors (Lipinski definition) is 2. The summed E-state index contributed by atoms with van der Waals surface area (Å²) in [6, 6.07) is 0. The number of nitrogens with zero attached hydrogens (tertiary/aromatic N) is 2. The van der Waals surface area contributed by atoms with E-state index >= 15 is 0 Å². The minimum absolute atomic E-state index is 0. The van der Waals surface area contributed by atoms with Gasteiger partial charge in [-0.25, -0.2) is 0 Å². The molecule has 0 aromatic rings. The summed E-state index contributed by atoms with van der Waals surface area (Å²) in [6.45, 7) is 7.98. The zero-order valence-corrected chi connectivity index (χ0v) is 14.9. The van der Waals surface area contributed by atoms with E-state index in [1.165, 1.54) is 51.7 Å². The molecule has 0 atom stereocenters. The van der Waals surface area contributed by atoms with Crippen molar-refractivity contribution in [2.75, 3.05) is 39.8 Å². The second-order valence-electron chi connectivity index (χ2n) is 5.04. The molecular weight excluding hydrogens is 351 g/mol. The predicted molar refractivity (Wildman–Crippen MR) is 94.6 cm³/mol. The zero-order chi connectivity index (χ0) is 13.1. The van der Waals surface area contributed by atoms with Gasteiger partial charge < -0.3 is 15.5 Å². The lowest BCUT2D eigenvalue weighted by Gasteiger charge is -2.20. The topological polar surface area (TPSA) is 39.7 Å². The summed E-state index contributed by atoms with van der Waals surface area (Å²) in [5.74, 6) is 0.938. The first-order chi connectivity index (χ1) is 8.86. The van der Waals surface area contributed by atoms with Crippen LogP contribution in [-0.2, 0) is 0 Å². The molecule has 19 heavy (non-hydrogen) atoms. The number of rotatable bonds is 6. The van der Waals surface area contributed by atoms with Crippen LogP contribution in [0.15, 0.2) is 4.99 Å². The van der Waals surface area contributed by atoms with Crippen LogP contribution in [0.5, 0.6) is 0 Å². The van der Waals surface area contributed by atoms with E-state index in [0.29, 0.717) is 0 Å². The molecule has 0 unspecified atom stereocenters. The van der Waals surface area contributed by atoms with Crippen molar-refractivity contribution in [2.24, 2.45) is 4.99 Å². The fraction of sp³-hybridized carbons (Fsp3) is 0.929. The number of guanidine groups is 1. The Balaban J connectivity index is 0.00000324. The van der Waals surface area contributed by atoms with Crippen molar-refractivity contribution >= 4 is 29.9 Å². The van der Waals surface area contributed by atoms with E-state index in [4.69, 9.17) is 0 Å². The van der Waals surface area contributed by atoms with Gasteiger partial charge in [-0.05, 0) is 45.3 Å². The van der Waals surface area contributed by atoms with Crippen LogP contribution in [-0.4, -0.2) is 50.6 Å². The average molecular weight is 382 g/mol. The molecule has 0 aliphatic carbocycles. The van der Waals surface area contributed by atoms with Gasteiger partial charge in [-0.15, -0.1) is 24.0 Å². The molecule has 1 saturated heterocycles. The van der Waals surface area contributed by atoms with Crippen molar-refractivity contribution < 1.29 is 0 Å². The van der Waals surface area contributed by atoms with E-state index in [1.54, 1.807) is 0 Å². The molecular formula is C14H31IN4. The van der Waals surface area contributed by atoms with E-state index < -0.39 is 0 Å². The SMILES string of the molecule is CCCNC(=NC)NCCCN1CCCCCC1.I. The van der Waals surface area contributed by atoms with Crippen LogP contribution in [0.4, 0.5) is 0 Å². The van der Waals surface area contributed by atoms with Crippen molar-refractivity contribution in [1.82, 2.24) is 15.5 Å². The third-order valence-electron chi connectivity index (χ3n) is 3.41. The number of nitrogens with one attached hydrogen (secondary N) is 2. The van der Waals surface area contributed by atoms with E-state index in [2.05, 4.69) is 27.4 Å². The summed E-state index contributed by atoms with van der Waals surface area (Å²) in [6.07, 6.45) is 7.94. The minimum Gasteiger partial charge on any atom is -0.356 e. The molecule has 114 valence electrons. The first-order valence-corrected chi connectivity index (χ1v) is 7.53. The Morgan fingerprint density at radius 3 is 2.26 bits per heavy atom. The van der Waals surface area contributed by atoms with Crippen LogP contribution in [0.2, 0.25) is 0 Å². The van der Waals surface area contributed by atoms with Gasteiger partial charge in [0.05, 0.1) is 0 Å². The number of likely N-dealkylation sites (tertiary alicyclic amines) is 1. The molecule has 1 fully saturated rings. The molecule has 5 heteroatoms. The van der Waals surface area contributed by atoms with Crippen LogP contribution in [0.1, 0.15) is 45.4 Å². The molecule has 0 bridgehead atoms. The highest BCUT2D eigenvalue weighted by molar-refractivity contribution is 14.0. The van der Waals surface area contributed by atoms with Crippen LogP contribution >= 0.6 is 24.0 Å². The molecule has 0 aromatic heterocycles. The lowest BCUT2D eigenvalue weighted by molar-refractivity contribution is 0.282. The Morgan fingerprint density at radius 1 is 1.05 bits per heavy atom. The molecule has 2 N–H and O–H groups in total. The normalized spacial score (nSPS) is 17.5. The molecule has 0 aromatic carbocycles. The van der Waals surface area contributed by atoms with Crippen molar-refractivity contribution in [3.8, 4) is 0 Å². The second-order valence-corrected chi connectivity index (χ2v) is 5.04. The lowest BCUT2D eigenvalue weighted by Crippen LogP contribution is -2.39. The number of halogens is 1. The Bertz CT molecular complexity index is 225. The molecule has 0 amide bonds. The van der Waals surface area contributed by atoms with Gasteiger partial charge in [0.25, 0.3) is 0 Å². The first kappa shape index (κ1) is 19.0. The van der Waals surface area contributed by atoms with E-state index in [0.717, 1.165) is 25.5 Å². The molecule has 1 aliphatic heterocycles. The summed E-state index contributed by atoms with van der Waals surface area (Å²) < 4.78 is 0. The standard InChI is InChI=1S/C14H30N4.HI/c1-3-9-16-14(15-2)17-10-8-13-18-11-6-4-5-7-12-18;/h3-13H2,1-2H3,(H2,15,16,17);1H. The van der Waals surface area contributed by atoms with E-state index in [9.17, 15) is 0 Å². The molecule has 0 spiro atoms. The van der Waals surface area contributed by atoms with Gasteiger partial charge in [0, 0.05) is 20.1 Å². The third-order valence-corrected chi connectivity index (χ3v) is 3.41. The molecule has 0 saturated carbocycles. The summed E-state index contributed by atoms with van der Waals surface area (Å²) >= 11 is 0. The highest BCUT2D eigenvalue weighted by atomic mass is 127. The summed E-state index contributed by atoms with van der Waals surface area (Å²) in [7, 11) is 1.83.